The topological polar surface area (TPSA) is 58.4 Å². The average molecular weight is 254 g/mol. The van der Waals surface area contributed by atoms with Crippen LogP contribution in [0.25, 0.3) is 0 Å². The van der Waals surface area contributed by atoms with Crippen molar-refractivity contribution in [3.8, 4) is 0 Å². The first-order valence-corrected chi connectivity index (χ1v) is 5.99. The van der Waals surface area contributed by atoms with E-state index < -0.39 is 0 Å². The second-order valence-corrected chi connectivity index (χ2v) is 4.80. The van der Waals surface area contributed by atoms with Crippen molar-refractivity contribution in [1.82, 2.24) is 4.90 Å². The molecule has 1 heterocycles. The number of hydrogen-bond acceptors (Lipinski definition) is 3. The van der Waals surface area contributed by atoms with Gasteiger partial charge in [0.1, 0.15) is 0 Å². The molecule has 1 unspecified atom stereocenters. The summed E-state index contributed by atoms with van der Waals surface area (Å²) in [7, 11) is 1.82. The van der Waals surface area contributed by atoms with Gasteiger partial charge in [-0.15, -0.1) is 0 Å². The first kappa shape index (κ1) is 12.0. The van der Waals surface area contributed by atoms with Gasteiger partial charge in [0.2, 0.25) is 5.91 Å². The molecule has 1 aliphatic rings. The molecule has 1 aliphatic heterocycles. The fourth-order valence-electron chi connectivity index (χ4n) is 2.00. The van der Waals surface area contributed by atoms with Crippen LogP contribution in [0.5, 0.6) is 0 Å². The zero-order valence-electron chi connectivity index (χ0n) is 9.74. The Kier molecular flexibility index (Phi) is 3.43. The summed E-state index contributed by atoms with van der Waals surface area (Å²) in [5.41, 5.74) is 7.15. The Bertz CT molecular complexity index is 436. The fraction of sp³-hybridized carbons (Fsp3) is 0.417. The molecule has 0 bridgehead atoms. The number of halogens is 1. The summed E-state index contributed by atoms with van der Waals surface area (Å²) in [5.74, 6) is 0.200. The molecule has 1 amide bonds. The van der Waals surface area contributed by atoms with Crippen molar-refractivity contribution in [3.05, 3.63) is 23.2 Å². The zero-order valence-corrected chi connectivity index (χ0v) is 10.5. The van der Waals surface area contributed by atoms with Gasteiger partial charge < -0.3 is 16.0 Å². The highest BCUT2D eigenvalue weighted by atomic mass is 35.5. The first-order valence-electron chi connectivity index (χ1n) is 5.62. The van der Waals surface area contributed by atoms with Crippen LogP contribution in [0.15, 0.2) is 18.2 Å². The van der Waals surface area contributed by atoms with E-state index in [1.807, 2.05) is 19.2 Å². The van der Waals surface area contributed by atoms with E-state index in [4.69, 9.17) is 17.3 Å². The molecule has 1 atom stereocenters. The third kappa shape index (κ3) is 2.82. The Morgan fingerprint density at radius 2 is 2.29 bits per heavy atom. The molecule has 4 nitrogen and oxygen atoms in total. The van der Waals surface area contributed by atoms with Crippen LogP contribution in [0.3, 0.4) is 0 Å². The molecule has 1 aromatic carbocycles. The lowest BCUT2D eigenvalue weighted by molar-refractivity contribution is -0.132. The number of nitrogens with zero attached hydrogens (tertiary/aromatic N) is 1. The Morgan fingerprint density at radius 1 is 1.53 bits per heavy atom. The SMILES string of the molecule is CN1CC(Nc2ccc(N)cc2Cl)CCC1=O. The summed E-state index contributed by atoms with van der Waals surface area (Å²) >= 11 is 6.09. The van der Waals surface area contributed by atoms with E-state index in [1.165, 1.54) is 0 Å². The third-order valence-corrected chi connectivity index (χ3v) is 3.29. The summed E-state index contributed by atoms with van der Waals surface area (Å²) in [6, 6.07) is 5.65. The lowest BCUT2D eigenvalue weighted by Gasteiger charge is -2.31. The molecule has 0 aliphatic carbocycles. The van der Waals surface area contributed by atoms with Crippen LogP contribution in [0, 0.1) is 0 Å². The molecule has 0 spiro atoms. The zero-order chi connectivity index (χ0) is 12.4. The maximum atomic E-state index is 11.4. The minimum atomic E-state index is 0.200. The fourth-order valence-corrected chi connectivity index (χ4v) is 2.24. The molecule has 1 fully saturated rings. The lowest BCUT2D eigenvalue weighted by Crippen LogP contribution is -2.43. The Morgan fingerprint density at radius 3 is 2.94 bits per heavy atom. The molecule has 2 rings (SSSR count). The summed E-state index contributed by atoms with van der Waals surface area (Å²) in [5, 5.41) is 3.96. The molecule has 1 saturated heterocycles. The number of carbonyl (C=O) groups excluding carboxylic acids is 1. The number of amides is 1. The molecule has 3 N–H and O–H groups in total. The van der Waals surface area contributed by atoms with E-state index in [1.54, 1.807) is 11.0 Å². The third-order valence-electron chi connectivity index (χ3n) is 2.98. The van der Waals surface area contributed by atoms with Crippen molar-refractivity contribution in [3.63, 3.8) is 0 Å². The van der Waals surface area contributed by atoms with Gasteiger partial charge in [0, 0.05) is 31.7 Å². The maximum Gasteiger partial charge on any atom is 0.222 e. The first-order chi connectivity index (χ1) is 8.06. The van der Waals surface area contributed by atoms with Gasteiger partial charge in [-0.05, 0) is 24.6 Å². The number of nitrogens with two attached hydrogens (primary N) is 1. The average Bonchev–Trinajstić information content (AvgIpc) is 2.27. The molecule has 0 saturated carbocycles. The predicted molar refractivity (Wildman–Crippen MR) is 70.1 cm³/mol. The monoisotopic (exact) mass is 253 g/mol. The standard InChI is InChI=1S/C12H16ClN3O/c1-16-7-9(3-5-12(16)17)15-11-4-2-8(14)6-10(11)13/h2,4,6,9,15H,3,5,7,14H2,1H3. The van der Waals surface area contributed by atoms with Gasteiger partial charge in [-0.3, -0.25) is 4.79 Å². The number of anilines is 2. The van der Waals surface area contributed by atoms with Gasteiger partial charge >= 0.3 is 0 Å². The summed E-state index contributed by atoms with van der Waals surface area (Å²) < 4.78 is 0. The Hall–Kier alpha value is -1.42. The molecule has 5 heteroatoms. The summed E-state index contributed by atoms with van der Waals surface area (Å²) in [4.78, 5) is 13.1. The number of piperidine rings is 1. The van der Waals surface area contributed by atoms with Gasteiger partial charge in [-0.2, -0.15) is 0 Å². The predicted octanol–water partition coefficient (Wildman–Crippen LogP) is 1.95. The Balaban J connectivity index is 2.03. The highest BCUT2D eigenvalue weighted by molar-refractivity contribution is 6.33. The van der Waals surface area contributed by atoms with Crippen molar-refractivity contribution in [2.24, 2.45) is 0 Å². The highest BCUT2D eigenvalue weighted by Crippen LogP contribution is 2.26. The summed E-state index contributed by atoms with van der Waals surface area (Å²) in [6.45, 7) is 0.708. The maximum absolute atomic E-state index is 11.4. The van der Waals surface area contributed by atoms with Crippen LogP contribution < -0.4 is 11.1 Å². The van der Waals surface area contributed by atoms with Crippen LogP contribution in [-0.4, -0.2) is 30.4 Å². The van der Waals surface area contributed by atoms with E-state index in [-0.39, 0.29) is 11.9 Å². The quantitative estimate of drug-likeness (QED) is 0.792. The molecule has 17 heavy (non-hydrogen) atoms. The van der Waals surface area contributed by atoms with Crippen molar-refractivity contribution in [1.29, 1.82) is 0 Å². The van der Waals surface area contributed by atoms with Gasteiger partial charge in [0.15, 0.2) is 0 Å². The lowest BCUT2D eigenvalue weighted by atomic mass is 10.1. The molecule has 0 radical (unpaired) electrons. The van der Waals surface area contributed by atoms with Crippen LogP contribution in [-0.2, 0) is 4.79 Å². The molecule has 1 aromatic rings. The number of nitrogen functional groups attached to an aromatic ring is 1. The van der Waals surface area contributed by atoms with E-state index >= 15 is 0 Å². The minimum absolute atomic E-state index is 0.200. The number of carbonyl (C=O) groups is 1. The number of likely N-dealkylation sites (N-methyl/N-ethyl adjacent to an activating group) is 1. The van der Waals surface area contributed by atoms with Crippen molar-refractivity contribution >= 4 is 28.9 Å². The normalized spacial score (nSPS) is 20.5. The van der Waals surface area contributed by atoms with E-state index in [2.05, 4.69) is 5.32 Å². The van der Waals surface area contributed by atoms with Crippen LogP contribution in [0.2, 0.25) is 5.02 Å². The highest BCUT2D eigenvalue weighted by Gasteiger charge is 2.22. The molecular formula is C12H16ClN3O. The van der Waals surface area contributed by atoms with E-state index in [0.717, 1.165) is 12.1 Å². The van der Waals surface area contributed by atoms with Crippen molar-refractivity contribution in [2.75, 3.05) is 24.6 Å². The smallest absolute Gasteiger partial charge is 0.222 e. The molecular weight excluding hydrogens is 238 g/mol. The number of hydrogen-bond donors (Lipinski definition) is 2. The molecule has 92 valence electrons. The number of likely N-dealkylation sites (tertiary alicyclic amines) is 1. The van der Waals surface area contributed by atoms with Crippen LogP contribution in [0.1, 0.15) is 12.8 Å². The Labute approximate surface area is 106 Å². The van der Waals surface area contributed by atoms with Crippen molar-refractivity contribution < 1.29 is 4.79 Å². The molecule has 0 aromatic heterocycles. The largest absolute Gasteiger partial charge is 0.399 e. The second kappa shape index (κ2) is 4.84. The second-order valence-electron chi connectivity index (χ2n) is 4.39. The van der Waals surface area contributed by atoms with E-state index in [9.17, 15) is 4.79 Å². The van der Waals surface area contributed by atoms with Gasteiger partial charge in [0.05, 0.1) is 10.7 Å². The summed E-state index contributed by atoms with van der Waals surface area (Å²) in [6.07, 6.45) is 1.42. The van der Waals surface area contributed by atoms with E-state index in [0.29, 0.717) is 23.7 Å². The van der Waals surface area contributed by atoms with Crippen LogP contribution >= 0.6 is 11.6 Å². The van der Waals surface area contributed by atoms with Gasteiger partial charge in [-0.1, -0.05) is 11.6 Å². The van der Waals surface area contributed by atoms with Crippen LogP contribution in [0.4, 0.5) is 11.4 Å². The van der Waals surface area contributed by atoms with Crippen molar-refractivity contribution in [2.45, 2.75) is 18.9 Å². The van der Waals surface area contributed by atoms with Gasteiger partial charge in [-0.25, -0.2) is 0 Å². The number of rotatable bonds is 2. The minimum Gasteiger partial charge on any atom is -0.399 e. The van der Waals surface area contributed by atoms with Gasteiger partial charge in [0.25, 0.3) is 0 Å². The number of nitrogens with one attached hydrogen (secondary N) is 1. The number of benzene rings is 1.